The average molecular weight is 276 g/mol. The molecule has 2 heterocycles. The van der Waals surface area contributed by atoms with Crippen molar-refractivity contribution in [1.82, 2.24) is 15.6 Å². The molecule has 1 unspecified atom stereocenters. The van der Waals surface area contributed by atoms with E-state index < -0.39 is 0 Å². The lowest BCUT2D eigenvalue weighted by atomic mass is 10.0. The van der Waals surface area contributed by atoms with Gasteiger partial charge in [0.1, 0.15) is 0 Å². The second-order valence-corrected chi connectivity index (χ2v) is 4.96. The summed E-state index contributed by atoms with van der Waals surface area (Å²) in [6.07, 6.45) is 5.69. The van der Waals surface area contributed by atoms with E-state index in [0.717, 1.165) is 25.9 Å². The number of hydrogen-bond acceptors (Lipinski definition) is 4. The Hall–Kier alpha value is -1.95. The zero-order chi connectivity index (χ0) is 14.2. The van der Waals surface area contributed by atoms with Gasteiger partial charge < -0.3 is 16.0 Å². The fourth-order valence-corrected chi connectivity index (χ4v) is 2.21. The number of carbonyl (C=O) groups excluding carboxylic acids is 2. The Morgan fingerprint density at radius 2 is 2.30 bits per heavy atom. The van der Waals surface area contributed by atoms with Crippen molar-refractivity contribution in [3.63, 3.8) is 0 Å². The quantitative estimate of drug-likeness (QED) is 0.707. The number of amides is 2. The molecular weight excluding hydrogens is 256 g/mol. The van der Waals surface area contributed by atoms with Crippen LogP contribution in [0.4, 0.5) is 5.69 Å². The molecule has 3 N–H and O–H groups in total. The van der Waals surface area contributed by atoms with Gasteiger partial charge in [0.05, 0.1) is 18.4 Å². The van der Waals surface area contributed by atoms with Crippen molar-refractivity contribution < 1.29 is 9.59 Å². The van der Waals surface area contributed by atoms with Crippen LogP contribution in [0.5, 0.6) is 0 Å². The van der Waals surface area contributed by atoms with Crippen LogP contribution in [-0.2, 0) is 9.59 Å². The number of pyridine rings is 1. The second-order valence-electron chi connectivity index (χ2n) is 4.96. The van der Waals surface area contributed by atoms with Gasteiger partial charge in [-0.15, -0.1) is 0 Å². The molecule has 0 aromatic carbocycles. The number of hydrogen-bond donors (Lipinski definition) is 3. The summed E-state index contributed by atoms with van der Waals surface area (Å²) in [5.74, 6) is 0.275. The van der Waals surface area contributed by atoms with E-state index in [0.29, 0.717) is 18.0 Å². The number of nitrogens with zero attached hydrogens (tertiary/aromatic N) is 1. The zero-order valence-corrected chi connectivity index (χ0v) is 11.4. The van der Waals surface area contributed by atoms with Crippen molar-refractivity contribution in [3.8, 4) is 0 Å². The third kappa shape index (κ3) is 4.97. The van der Waals surface area contributed by atoms with Crippen LogP contribution >= 0.6 is 0 Å². The Labute approximate surface area is 118 Å². The minimum atomic E-state index is -0.242. The third-order valence-electron chi connectivity index (χ3n) is 3.33. The van der Waals surface area contributed by atoms with Crippen LogP contribution in [0.15, 0.2) is 24.5 Å². The molecule has 0 bridgehead atoms. The summed E-state index contributed by atoms with van der Waals surface area (Å²) in [6.45, 7) is 2.03. The number of nitrogens with one attached hydrogen (secondary N) is 3. The van der Waals surface area contributed by atoms with Crippen molar-refractivity contribution in [2.45, 2.75) is 19.3 Å². The van der Waals surface area contributed by atoms with Crippen molar-refractivity contribution in [3.05, 3.63) is 24.5 Å². The highest BCUT2D eigenvalue weighted by atomic mass is 16.2. The molecule has 20 heavy (non-hydrogen) atoms. The number of carbonyl (C=O) groups is 2. The second kappa shape index (κ2) is 7.59. The first-order chi connectivity index (χ1) is 9.74. The lowest BCUT2D eigenvalue weighted by Crippen LogP contribution is -2.33. The van der Waals surface area contributed by atoms with Crippen LogP contribution in [0.25, 0.3) is 0 Å². The molecule has 108 valence electrons. The molecule has 0 radical (unpaired) electrons. The van der Waals surface area contributed by atoms with E-state index in [-0.39, 0.29) is 18.4 Å². The number of anilines is 1. The molecule has 1 aromatic rings. The van der Waals surface area contributed by atoms with Crippen LogP contribution in [0.1, 0.15) is 19.3 Å². The van der Waals surface area contributed by atoms with Gasteiger partial charge in [0.2, 0.25) is 11.8 Å². The van der Waals surface area contributed by atoms with E-state index in [1.165, 1.54) is 0 Å². The van der Waals surface area contributed by atoms with Crippen LogP contribution in [0.3, 0.4) is 0 Å². The molecular formula is C14H20N4O2. The average Bonchev–Trinajstić information content (AvgIpc) is 2.97. The summed E-state index contributed by atoms with van der Waals surface area (Å²) in [6, 6.07) is 3.49. The van der Waals surface area contributed by atoms with Crippen LogP contribution < -0.4 is 16.0 Å². The fourth-order valence-electron chi connectivity index (χ4n) is 2.21. The SMILES string of the molecule is O=C(CCC1CCNC1)NCC(=O)Nc1cccnc1. The maximum absolute atomic E-state index is 11.6. The summed E-state index contributed by atoms with van der Waals surface area (Å²) in [7, 11) is 0. The first-order valence-corrected chi connectivity index (χ1v) is 6.91. The highest BCUT2D eigenvalue weighted by Gasteiger charge is 2.15. The predicted octanol–water partition coefficient (Wildman–Crippen LogP) is 0.526. The highest BCUT2D eigenvalue weighted by molar-refractivity contribution is 5.94. The Morgan fingerprint density at radius 1 is 1.40 bits per heavy atom. The standard InChI is InChI=1S/C14H20N4O2/c19-13(4-3-11-5-7-16-8-11)17-10-14(20)18-12-2-1-6-15-9-12/h1-2,6,9,11,16H,3-5,7-8,10H2,(H,17,19)(H,18,20). The Balaban J connectivity index is 1.61. The maximum atomic E-state index is 11.6. The number of rotatable bonds is 6. The molecule has 0 saturated carbocycles. The van der Waals surface area contributed by atoms with E-state index in [1.54, 1.807) is 24.5 Å². The fraction of sp³-hybridized carbons (Fsp3) is 0.500. The van der Waals surface area contributed by atoms with Gasteiger partial charge in [-0.1, -0.05) is 0 Å². The molecule has 1 aliphatic rings. The Kier molecular flexibility index (Phi) is 5.49. The highest BCUT2D eigenvalue weighted by Crippen LogP contribution is 2.13. The molecule has 2 rings (SSSR count). The van der Waals surface area contributed by atoms with Gasteiger partial charge in [-0.25, -0.2) is 0 Å². The van der Waals surface area contributed by atoms with Crippen molar-refractivity contribution >= 4 is 17.5 Å². The predicted molar refractivity (Wildman–Crippen MR) is 76.1 cm³/mol. The minimum Gasteiger partial charge on any atom is -0.347 e. The van der Waals surface area contributed by atoms with E-state index >= 15 is 0 Å². The Morgan fingerprint density at radius 3 is 3.00 bits per heavy atom. The Bertz CT molecular complexity index is 444. The van der Waals surface area contributed by atoms with E-state index in [4.69, 9.17) is 0 Å². The van der Waals surface area contributed by atoms with Gasteiger partial charge in [-0.05, 0) is 44.0 Å². The molecule has 2 amide bonds. The lowest BCUT2D eigenvalue weighted by molar-refractivity contribution is -0.124. The van der Waals surface area contributed by atoms with Gasteiger partial charge in [0.25, 0.3) is 0 Å². The molecule has 0 spiro atoms. The number of aromatic nitrogens is 1. The van der Waals surface area contributed by atoms with Crippen molar-refractivity contribution in [2.24, 2.45) is 5.92 Å². The largest absolute Gasteiger partial charge is 0.347 e. The van der Waals surface area contributed by atoms with Gasteiger partial charge in [0.15, 0.2) is 0 Å². The van der Waals surface area contributed by atoms with Gasteiger partial charge in [-0.2, -0.15) is 0 Å². The van der Waals surface area contributed by atoms with E-state index in [9.17, 15) is 9.59 Å². The van der Waals surface area contributed by atoms with Gasteiger partial charge >= 0.3 is 0 Å². The third-order valence-corrected chi connectivity index (χ3v) is 3.33. The molecule has 1 aliphatic heterocycles. The molecule has 6 nitrogen and oxygen atoms in total. The summed E-state index contributed by atoms with van der Waals surface area (Å²) in [4.78, 5) is 27.1. The maximum Gasteiger partial charge on any atom is 0.243 e. The first-order valence-electron chi connectivity index (χ1n) is 6.91. The molecule has 6 heteroatoms. The molecule has 1 aromatic heterocycles. The summed E-state index contributed by atoms with van der Waals surface area (Å²) < 4.78 is 0. The van der Waals surface area contributed by atoms with Crippen molar-refractivity contribution in [2.75, 3.05) is 25.0 Å². The van der Waals surface area contributed by atoms with Crippen LogP contribution in [0.2, 0.25) is 0 Å². The van der Waals surface area contributed by atoms with Gasteiger partial charge in [0, 0.05) is 12.6 Å². The molecule has 1 atom stereocenters. The normalized spacial score (nSPS) is 17.7. The minimum absolute atomic E-state index is 0.00333. The molecule has 1 fully saturated rings. The summed E-state index contributed by atoms with van der Waals surface area (Å²) in [5, 5.41) is 8.58. The monoisotopic (exact) mass is 276 g/mol. The van der Waals surface area contributed by atoms with Crippen LogP contribution in [-0.4, -0.2) is 36.4 Å². The zero-order valence-electron chi connectivity index (χ0n) is 11.4. The summed E-state index contributed by atoms with van der Waals surface area (Å²) >= 11 is 0. The van der Waals surface area contributed by atoms with E-state index in [1.807, 2.05) is 0 Å². The van der Waals surface area contributed by atoms with Crippen LogP contribution in [0, 0.1) is 5.92 Å². The first kappa shape index (κ1) is 14.5. The smallest absolute Gasteiger partial charge is 0.243 e. The summed E-state index contributed by atoms with van der Waals surface area (Å²) in [5.41, 5.74) is 0.628. The molecule has 1 saturated heterocycles. The topological polar surface area (TPSA) is 83.1 Å². The lowest BCUT2D eigenvalue weighted by Gasteiger charge is -2.09. The van der Waals surface area contributed by atoms with Gasteiger partial charge in [-0.3, -0.25) is 14.6 Å². The molecule has 0 aliphatic carbocycles. The van der Waals surface area contributed by atoms with E-state index in [2.05, 4.69) is 20.9 Å². The van der Waals surface area contributed by atoms with Crippen molar-refractivity contribution in [1.29, 1.82) is 0 Å².